The topological polar surface area (TPSA) is 146 Å². The standard InChI is InChI=1S/C35H37Cl2N7O4/c1-6-19(3)28(32-39-14-20(17-45)41-32)34(47-4)43-26(7-2)24-12-8-10-22(29(24)36)23-11-9-13-25(30(23)37)27-16-38-31(35(44-27)48-5)33-40-15-21(18-46)42-33/h7-13,16,18,20,45-46H,6,14-15,17H2,1-5H3,(H,39,41)(H,40,42)/b21-18+,26-7-,28-19+,43-34+/t20-/m0/s1. The number of methoxy groups -OCH3 is 2. The second-order valence-corrected chi connectivity index (χ2v) is 11.7. The summed E-state index contributed by atoms with van der Waals surface area (Å²) in [5.74, 6) is 1.72. The third-order valence-corrected chi connectivity index (χ3v) is 8.78. The highest BCUT2D eigenvalue weighted by molar-refractivity contribution is 6.39. The van der Waals surface area contributed by atoms with Crippen molar-refractivity contribution in [3.63, 3.8) is 0 Å². The minimum absolute atomic E-state index is 0.0279. The molecule has 0 amide bonds. The van der Waals surface area contributed by atoms with Crippen molar-refractivity contribution in [2.24, 2.45) is 15.0 Å². The van der Waals surface area contributed by atoms with Crippen LogP contribution >= 0.6 is 23.2 Å². The molecule has 5 rings (SSSR count). The first-order valence-corrected chi connectivity index (χ1v) is 16.1. The summed E-state index contributed by atoms with van der Waals surface area (Å²) in [6.45, 7) is 6.68. The van der Waals surface area contributed by atoms with Gasteiger partial charge in [-0.1, -0.05) is 78.2 Å². The molecule has 48 heavy (non-hydrogen) atoms. The fourth-order valence-electron chi connectivity index (χ4n) is 5.28. The van der Waals surface area contributed by atoms with E-state index in [1.54, 1.807) is 13.3 Å². The Balaban J connectivity index is 1.52. The number of rotatable bonds is 10. The number of hydrogen-bond acceptors (Lipinski definition) is 11. The number of allylic oxidation sites excluding steroid dienone is 2. The molecule has 2 aliphatic rings. The smallest absolute Gasteiger partial charge is 0.244 e. The molecule has 13 heteroatoms. The SMILES string of the molecule is C\C=C(/N=C(OC)\C(C1=NC[C@@H](CO)N1)=C(/C)CC)c1cccc(-c2cccc(-c3cnc(C4=NC/C(=C\O)N4)c(OC)n3)c2Cl)c1Cl. The molecule has 0 bridgehead atoms. The number of aliphatic hydroxyl groups is 2. The van der Waals surface area contributed by atoms with E-state index < -0.39 is 0 Å². The molecule has 0 radical (unpaired) electrons. The number of nitrogens with one attached hydrogen (secondary N) is 2. The van der Waals surface area contributed by atoms with E-state index in [0.29, 0.717) is 85.7 Å². The van der Waals surface area contributed by atoms with E-state index >= 15 is 0 Å². The van der Waals surface area contributed by atoms with Gasteiger partial charge in [0.05, 0.1) is 78.9 Å². The van der Waals surface area contributed by atoms with Crippen LogP contribution in [0.15, 0.2) is 86.8 Å². The number of benzene rings is 2. The predicted octanol–water partition coefficient (Wildman–Crippen LogP) is 6.37. The van der Waals surface area contributed by atoms with Gasteiger partial charge in [0, 0.05) is 22.3 Å². The second-order valence-electron chi connectivity index (χ2n) is 10.9. The molecule has 1 aromatic heterocycles. The molecule has 0 spiro atoms. The Hall–Kier alpha value is -4.71. The Morgan fingerprint density at radius 3 is 2.44 bits per heavy atom. The lowest BCUT2D eigenvalue weighted by Crippen LogP contribution is -2.36. The lowest BCUT2D eigenvalue weighted by molar-refractivity contribution is 0.263. The molecule has 2 aromatic carbocycles. The maximum absolute atomic E-state index is 9.66. The largest absolute Gasteiger partial charge is 0.514 e. The van der Waals surface area contributed by atoms with Crippen LogP contribution in [0.2, 0.25) is 10.0 Å². The average Bonchev–Trinajstić information content (AvgIpc) is 3.80. The first kappa shape index (κ1) is 34.6. The summed E-state index contributed by atoms with van der Waals surface area (Å²) >= 11 is 14.2. The molecule has 0 unspecified atom stereocenters. The van der Waals surface area contributed by atoms with E-state index in [0.717, 1.165) is 23.8 Å². The van der Waals surface area contributed by atoms with Crippen molar-refractivity contribution in [2.45, 2.75) is 33.2 Å². The first-order valence-electron chi connectivity index (χ1n) is 15.3. The van der Waals surface area contributed by atoms with Crippen molar-refractivity contribution in [2.75, 3.05) is 33.9 Å². The van der Waals surface area contributed by atoms with Gasteiger partial charge >= 0.3 is 0 Å². The summed E-state index contributed by atoms with van der Waals surface area (Å²) in [6, 6.07) is 11.1. The van der Waals surface area contributed by atoms with Gasteiger partial charge in [-0.25, -0.2) is 15.0 Å². The van der Waals surface area contributed by atoms with Crippen LogP contribution in [0.3, 0.4) is 0 Å². The highest BCUT2D eigenvalue weighted by atomic mass is 35.5. The lowest BCUT2D eigenvalue weighted by Gasteiger charge is -2.17. The average molecular weight is 691 g/mol. The molecule has 0 fully saturated rings. The number of aliphatic hydroxyl groups excluding tert-OH is 2. The summed E-state index contributed by atoms with van der Waals surface area (Å²) < 4.78 is 11.4. The Bertz CT molecular complexity index is 1900. The van der Waals surface area contributed by atoms with E-state index in [9.17, 15) is 10.2 Å². The van der Waals surface area contributed by atoms with Crippen LogP contribution in [0.25, 0.3) is 28.1 Å². The Morgan fingerprint density at radius 2 is 1.81 bits per heavy atom. The van der Waals surface area contributed by atoms with Crippen LogP contribution in [0.1, 0.15) is 38.4 Å². The third kappa shape index (κ3) is 6.94. The molecule has 11 nitrogen and oxygen atoms in total. The minimum atomic E-state index is -0.160. The van der Waals surface area contributed by atoms with Crippen LogP contribution in [-0.2, 0) is 4.74 Å². The Labute approximate surface area is 289 Å². The number of aromatic nitrogens is 2. The van der Waals surface area contributed by atoms with Crippen molar-refractivity contribution in [1.82, 2.24) is 20.6 Å². The van der Waals surface area contributed by atoms with Gasteiger partial charge in [-0.15, -0.1) is 0 Å². The van der Waals surface area contributed by atoms with Crippen molar-refractivity contribution < 1.29 is 19.7 Å². The van der Waals surface area contributed by atoms with Gasteiger partial charge in [0.1, 0.15) is 12.1 Å². The van der Waals surface area contributed by atoms with Crippen LogP contribution in [-0.4, -0.2) is 77.7 Å². The summed E-state index contributed by atoms with van der Waals surface area (Å²) in [5, 5.41) is 26.1. The van der Waals surface area contributed by atoms with E-state index in [4.69, 9.17) is 37.7 Å². The normalized spacial score (nSPS) is 17.8. The highest BCUT2D eigenvalue weighted by Gasteiger charge is 2.26. The summed E-state index contributed by atoms with van der Waals surface area (Å²) in [4.78, 5) is 23.1. The zero-order valence-corrected chi connectivity index (χ0v) is 28.8. The van der Waals surface area contributed by atoms with Gasteiger partial charge in [0.15, 0.2) is 11.5 Å². The van der Waals surface area contributed by atoms with Crippen LogP contribution in [0.4, 0.5) is 0 Å². The lowest BCUT2D eigenvalue weighted by atomic mass is 9.98. The zero-order chi connectivity index (χ0) is 34.4. The molecule has 4 N–H and O–H groups in total. The molecule has 250 valence electrons. The zero-order valence-electron chi connectivity index (χ0n) is 27.3. The molecule has 0 saturated heterocycles. The van der Waals surface area contributed by atoms with Crippen molar-refractivity contribution in [3.05, 3.63) is 93.1 Å². The van der Waals surface area contributed by atoms with Gasteiger partial charge in [-0.3, -0.25) is 9.98 Å². The van der Waals surface area contributed by atoms with Gasteiger partial charge < -0.3 is 30.3 Å². The Kier molecular flexibility index (Phi) is 11.2. The van der Waals surface area contributed by atoms with E-state index in [1.165, 1.54) is 7.11 Å². The number of hydrogen-bond donors (Lipinski definition) is 4. The van der Waals surface area contributed by atoms with Gasteiger partial charge in [0.2, 0.25) is 11.8 Å². The molecule has 1 atom stereocenters. The quantitative estimate of drug-likeness (QED) is 0.109. The van der Waals surface area contributed by atoms with Crippen LogP contribution in [0.5, 0.6) is 5.88 Å². The second kappa shape index (κ2) is 15.5. The molecule has 3 heterocycles. The van der Waals surface area contributed by atoms with Gasteiger partial charge in [0.25, 0.3) is 0 Å². The van der Waals surface area contributed by atoms with Crippen LogP contribution in [0, 0.1) is 0 Å². The number of halogens is 2. The Morgan fingerprint density at radius 1 is 1.08 bits per heavy atom. The van der Waals surface area contributed by atoms with Gasteiger partial charge in [-0.2, -0.15) is 0 Å². The summed E-state index contributed by atoms with van der Waals surface area (Å²) in [6.07, 6.45) is 5.19. The molecule has 0 saturated carbocycles. The number of aliphatic imine (C=N–C) groups is 3. The van der Waals surface area contributed by atoms with E-state index in [2.05, 4.69) is 37.5 Å². The van der Waals surface area contributed by atoms with Crippen molar-refractivity contribution in [3.8, 4) is 28.3 Å². The minimum Gasteiger partial charge on any atom is -0.514 e. The van der Waals surface area contributed by atoms with Crippen molar-refractivity contribution in [1.29, 1.82) is 0 Å². The fourth-order valence-corrected chi connectivity index (χ4v) is 5.93. The maximum Gasteiger partial charge on any atom is 0.244 e. The van der Waals surface area contributed by atoms with Crippen LogP contribution < -0.4 is 15.4 Å². The molecule has 2 aliphatic heterocycles. The maximum atomic E-state index is 9.66. The van der Waals surface area contributed by atoms with E-state index in [-0.39, 0.29) is 18.5 Å². The number of ether oxygens (including phenoxy) is 2. The highest BCUT2D eigenvalue weighted by Crippen LogP contribution is 2.41. The monoisotopic (exact) mass is 689 g/mol. The molecule has 0 aliphatic carbocycles. The van der Waals surface area contributed by atoms with Gasteiger partial charge in [-0.05, 0) is 20.3 Å². The molecule has 3 aromatic rings. The summed E-state index contributed by atoms with van der Waals surface area (Å²) in [5.41, 5.74) is 6.54. The third-order valence-electron chi connectivity index (χ3n) is 7.97. The van der Waals surface area contributed by atoms with Crippen molar-refractivity contribution >= 4 is 46.5 Å². The molecular weight excluding hydrogens is 653 g/mol. The summed E-state index contributed by atoms with van der Waals surface area (Å²) in [7, 11) is 3.07. The number of nitrogens with zero attached hydrogens (tertiary/aromatic N) is 5. The molecular formula is C35H37Cl2N7O4. The number of amidine groups is 2. The van der Waals surface area contributed by atoms with E-state index in [1.807, 2.05) is 56.3 Å². The first-order chi connectivity index (χ1) is 23.3. The predicted molar refractivity (Wildman–Crippen MR) is 192 cm³/mol. The fraction of sp³-hybridized carbons (Fsp3) is 0.286.